The largest absolute Gasteiger partial charge is 0.496 e. The number of fused-ring (bicyclic) bond motifs is 1. The third kappa shape index (κ3) is 5.69. The second-order valence-corrected chi connectivity index (χ2v) is 7.95. The number of ether oxygens (including phenoxy) is 2. The van der Waals surface area contributed by atoms with Crippen LogP contribution in [0, 0.1) is 5.82 Å². The molecule has 3 aromatic carbocycles. The molecule has 1 aromatic heterocycles. The number of carbonyl (C=O) groups is 2. The summed E-state index contributed by atoms with van der Waals surface area (Å²) in [6, 6.07) is 16.5. The number of aromatic nitrogens is 1. The van der Waals surface area contributed by atoms with Gasteiger partial charge in [0.15, 0.2) is 0 Å². The summed E-state index contributed by atoms with van der Waals surface area (Å²) < 4.78 is 24.4. The van der Waals surface area contributed by atoms with Crippen molar-refractivity contribution in [3.8, 4) is 17.2 Å². The number of carbonyl (C=O) groups excluding carboxylic acids is 1. The number of benzene rings is 3. The number of amides is 2. The lowest BCUT2D eigenvalue weighted by atomic mass is 10.1. The van der Waals surface area contributed by atoms with Crippen molar-refractivity contribution in [2.24, 2.45) is 0 Å². The molecule has 0 unspecified atom stereocenters. The second-order valence-electron chi connectivity index (χ2n) is 7.95. The van der Waals surface area contributed by atoms with Crippen LogP contribution in [-0.2, 0) is 6.42 Å². The van der Waals surface area contributed by atoms with E-state index in [0.717, 1.165) is 18.5 Å². The Morgan fingerprint density at radius 1 is 0.944 bits per heavy atom. The monoisotopic (exact) mass is 489 g/mol. The van der Waals surface area contributed by atoms with Crippen molar-refractivity contribution in [3.63, 3.8) is 0 Å². The number of aromatic carboxylic acids is 1. The van der Waals surface area contributed by atoms with Gasteiger partial charge in [0.25, 0.3) is 0 Å². The molecule has 4 rings (SSSR count). The van der Waals surface area contributed by atoms with Gasteiger partial charge in [-0.15, -0.1) is 0 Å². The first-order valence-corrected chi connectivity index (χ1v) is 11.2. The Kier molecular flexibility index (Phi) is 7.29. The van der Waals surface area contributed by atoms with Crippen LogP contribution < -0.4 is 20.1 Å². The van der Waals surface area contributed by atoms with E-state index in [1.165, 1.54) is 37.4 Å². The smallest absolute Gasteiger partial charge is 0.339 e. The zero-order valence-electron chi connectivity index (χ0n) is 19.7. The number of rotatable bonds is 8. The minimum Gasteiger partial charge on any atom is -0.496 e. The highest BCUT2D eigenvalue weighted by Crippen LogP contribution is 2.35. The highest BCUT2D eigenvalue weighted by atomic mass is 19.1. The Morgan fingerprint density at radius 3 is 2.17 bits per heavy atom. The number of hydrogen-bond donors (Lipinski definition) is 3. The molecule has 0 fully saturated rings. The number of carboxylic acid groups (broad SMARTS) is 1. The van der Waals surface area contributed by atoms with Gasteiger partial charge in [-0.2, -0.15) is 0 Å². The molecule has 0 aliphatic rings. The number of urea groups is 1. The molecule has 0 spiro atoms. The minimum atomic E-state index is -1.12. The Balaban J connectivity index is 1.56. The van der Waals surface area contributed by atoms with Crippen molar-refractivity contribution in [2.75, 3.05) is 17.7 Å². The average molecular weight is 490 g/mol. The van der Waals surface area contributed by atoms with Crippen LogP contribution in [0.1, 0.15) is 29.4 Å². The number of pyridine rings is 1. The first kappa shape index (κ1) is 24.5. The van der Waals surface area contributed by atoms with E-state index in [1.807, 2.05) is 6.92 Å². The van der Waals surface area contributed by atoms with Gasteiger partial charge >= 0.3 is 12.0 Å². The summed E-state index contributed by atoms with van der Waals surface area (Å²) in [4.78, 5) is 28.6. The van der Waals surface area contributed by atoms with Crippen LogP contribution >= 0.6 is 0 Å². The lowest BCUT2D eigenvalue weighted by Gasteiger charge is -2.14. The molecule has 0 saturated heterocycles. The van der Waals surface area contributed by atoms with Gasteiger partial charge in [0.2, 0.25) is 0 Å². The molecule has 0 bridgehead atoms. The summed E-state index contributed by atoms with van der Waals surface area (Å²) in [6.45, 7) is 2.04. The fourth-order valence-corrected chi connectivity index (χ4v) is 3.64. The Bertz CT molecular complexity index is 1410. The minimum absolute atomic E-state index is 0.00612. The van der Waals surface area contributed by atoms with E-state index >= 15 is 0 Å². The fourth-order valence-electron chi connectivity index (χ4n) is 3.64. The lowest BCUT2D eigenvalue weighted by Crippen LogP contribution is -2.19. The highest BCUT2D eigenvalue weighted by Gasteiger charge is 2.17. The van der Waals surface area contributed by atoms with Crippen LogP contribution in [0.3, 0.4) is 0 Å². The molecule has 0 saturated carbocycles. The summed E-state index contributed by atoms with van der Waals surface area (Å²) in [5.41, 5.74) is 2.35. The van der Waals surface area contributed by atoms with Crippen molar-refractivity contribution < 1.29 is 28.6 Å². The molecule has 36 heavy (non-hydrogen) atoms. The van der Waals surface area contributed by atoms with Gasteiger partial charge in [-0.05, 0) is 61.0 Å². The molecule has 3 N–H and O–H groups in total. The van der Waals surface area contributed by atoms with E-state index < -0.39 is 17.8 Å². The number of halogens is 1. The van der Waals surface area contributed by atoms with Crippen LogP contribution in [-0.4, -0.2) is 29.2 Å². The van der Waals surface area contributed by atoms with Gasteiger partial charge in [-0.1, -0.05) is 13.3 Å². The zero-order valence-corrected chi connectivity index (χ0v) is 19.7. The average Bonchev–Trinajstić information content (AvgIpc) is 2.86. The molecule has 2 amide bonds. The first-order valence-electron chi connectivity index (χ1n) is 11.2. The summed E-state index contributed by atoms with van der Waals surface area (Å²) in [6.07, 6.45) is 1.60. The highest BCUT2D eigenvalue weighted by molar-refractivity contribution is 6.00. The van der Waals surface area contributed by atoms with E-state index in [0.29, 0.717) is 33.8 Å². The van der Waals surface area contributed by atoms with E-state index in [4.69, 9.17) is 9.47 Å². The van der Waals surface area contributed by atoms with E-state index in [-0.39, 0.29) is 11.3 Å². The van der Waals surface area contributed by atoms with Gasteiger partial charge in [0.1, 0.15) is 28.6 Å². The first-order chi connectivity index (χ1) is 17.4. The maximum atomic E-state index is 13.0. The third-order valence-electron chi connectivity index (χ3n) is 5.32. The zero-order chi connectivity index (χ0) is 25.7. The summed E-state index contributed by atoms with van der Waals surface area (Å²) in [7, 11) is 1.41. The molecule has 0 aliphatic heterocycles. The molecule has 0 radical (unpaired) electrons. The Morgan fingerprint density at radius 2 is 1.58 bits per heavy atom. The second kappa shape index (κ2) is 10.7. The van der Waals surface area contributed by atoms with Crippen LogP contribution in [0.5, 0.6) is 17.2 Å². The number of hydrogen-bond acceptors (Lipinski definition) is 5. The normalized spacial score (nSPS) is 10.6. The Labute approximate surface area is 206 Å². The molecule has 0 atom stereocenters. The molecule has 8 nitrogen and oxygen atoms in total. The predicted octanol–water partition coefficient (Wildman–Crippen LogP) is 6.47. The lowest BCUT2D eigenvalue weighted by molar-refractivity contribution is 0.0693. The maximum absolute atomic E-state index is 13.0. The van der Waals surface area contributed by atoms with Crippen molar-refractivity contribution in [1.82, 2.24) is 4.98 Å². The maximum Gasteiger partial charge on any atom is 0.339 e. The molecule has 4 aromatic rings. The molecular formula is C27H24FN3O5. The molecular weight excluding hydrogens is 465 g/mol. The van der Waals surface area contributed by atoms with Gasteiger partial charge in [-0.3, -0.25) is 4.98 Å². The van der Waals surface area contributed by atoms with E-state index in [1.54, 1.807) is 36.4 Å². The van der Waals surface area contributed by atoms with Gasteiger partial charge in [-0.25, -0.2) is 14.0 Å². The van der Waals surface area contributed by atoms with Crippen LogP contribution in [0.2, 0.25) is 0 Å². The SMILES string of the molecule is CCCc1cc(Oc2ccc(NC(=O)Nc3ccc(F)cc3)cc2)c2cc(C(=O)O)c(OC)cc2n1. The Hall–Kier alpha value is -4.66. The fraction of sp³-hybridized carbons (Fsp3) is 0.148. The quantitative estimate of drug-likeness (QED) is 0.262. The van der Waals surface area contributed by atoms with Crippen LogP contribution in [0.25, 0.3) is 10.9 Å². The third-order valence-corrected chi connectivity index (χ3v) is 5.32. The molecule has 0 aliphatic carbocycles. The molecule has 184 valence electrons. The predicted molar refractivity (Wildman–Crippen MR) is 135 cm³/mol. The van der Waals surface area contributed by atoms with E-state index in [2.05, 4.69) is 15.6 Å². The number of carboxylic acids is 1. The topological polar surface area (TPSA) is 110 Å². The van der Waals surface area contributed by atoms with Crippen LogP contribution in [0.15, 0.2) is 66.7 Å². The number of aryl methyl sites for hydroxylation is 1. The van der Waals surface area contributed by atoms with Crippen molar-refractivity contribution in [1.29, 1.82) is 0 Å². The van der Waals surface area contributed by atoms with Crippen molar-refractivity contribution in [2.45, 2.75) is 19.8 Å². The number of methoxy groups -OCH3 is 1. The van der Waals surface area contributed by atoms with Gasteiger partial charge in [0.05, 0.1) is 12.6 Å². The molecule has 9 heteroatoms. The van der Waals surface area contributed by atoms with Crippen molar-refractivity contribution >= 4 is 34.3 Å². The summed E-state index contributed by atoms with van der Waals surface area (Å²) >= 11 is 0. The van der Waals surface area contributed by atoms with Gasteiger partial charge in [0, 0.05) is 34.6 Å². The number of anilines is 2. The summed E-state index contributed by atoms with van der Waals surface area (Å²) in [5, 5.41) is 15.4. The van der Waals surface area contributed by atoms with Crippen molar-refractivity contribution in [3.05, 3.63) is 83.8 Å². The summed E-state index contributed by atoms with van der Waals surface area (Å²) in [5.74, 6) is -0.340. The van der Waals surface area contributed by atoms with Crippen LogP contribution in [0.4, 0.5) is 20.6 Å². The van der Waals surface area contributed by atoms with E-state index in [9.17, 15) is 19.1 Å². The van der Waals surface area contributed by atoms with Gasteiger partial charge < -0.3 is 25.2 Å². The standard InChI is InChI=1S/C27H24FN3O5/c1-3-4-19-13-25(21-14-22(26(32)33)24(35-2)15-23(21)29-19)36-20-11-9-18(10-12-20)31-27(34)30-17-7-5-16(28)6-8-17/h5-15H,3-4H2,1-2H3,(H,32,33)(H2,30,31,34). The number of nitrogens with one attached hydrogen (secondary N) is 2. The molecule has 1 heterocycles. The number of nitrogens with zero attached hydrogens (tertiary/aromatic N) is 1.